The molecule has 3 N–H and O–H groups in total. The molecule has 1 heterocycles. The summed E-state index contributed by atoms with van der Waals surface area (Å²) in [6, 6.07) is 7.32. The molecule has 0 radical (unpaired) electrons. The summed E-state index contributed by atoms with van der Waals surface area (Å²) in [6.07, 6.45) is 3.03. The fraction of sp³-hybridized carbons (Fsp3) is 0.200. The van der Waals surface area contributed by atoms with Crippen LogP contribution in [-0.2, 0) is 5.60 Å². The van der Waals surface area contributed by atoms with Crippen molar-refractivity contribution in [3.8, 4) is 5.75 Å². The van der Waals surface area contributed by atoms with Crippen LogP contribution in [-0.4, -0.2) is 11.7 Å². The van der Waals surface area contributed by atoms with Crippen LogP contribution < -0.4 is 10.5 Å². The zero-order valence-corrected chi connectivity index (χ0v) is 7.10. The standard InChI is InChI=1S/C10H11NO2/c11-7-10(12)5-6-13-9-4-2-1-3-8(9)10/h1-6,12H,7,11H2. The van der Waals surface area contributed by atoms with Gasteiger partial charge >= 0.3 is 0 Å². The Kier molecular flexibility index (Phi) is 1.83. The van der Waals surface area contributed by atoms with E-state index in [9.17, 15) is 5.11 Å². The van der Waals surface area contributed by atoms with Gasteiger partial charge < -0.3 is 15.6 Å². The van der Waals surface area contributed by atoms with Gasteiger partial charge in [-0.2, -0.15) is 0 Å². The summed E-state index contributed by atoms with van der Waals surface area (Å²) in [5, 5.41) is 10.0. The van der Waals surface area contributed by atoms with E-state index in [4.69, 9.17) is 10.5 Å². The first-order valence-electron chi connectivity index (χ1n) is 4.12. The van der Waals surface area contributed by atoms with Crippen LogP contribution in [0.25, 0.3) is 0 Å². The minimum Gasteiger partial charge on any atom is -0.465 e. The van der Waals surface area contributed by atoms with E-state index in [2.05, 4.69) is 0 Å². The van der Waals surface area contributed by atoms with E-state index in [-0.39, 0.29) is 6.54 Å². The Morgan fingerprint density at radius 2 is 2.15 bits per heavy atom. The highest BCUT2D eigenvalue weighted by Gasteiger charge is 2.30. The molecule has 1 aromatic rings. The lowest BCUT2D eigenvalue weighted by Crippen LogP contribution is -2.34. The Labute approximate surface area is 76.4 Å². The smallest absolute Gasteiger partial charge is 0.132 e. The number of para-hydroxylation sites is 1. The van der Waals surface area contributed by atoms with Crippen LogP contribution in [0, 0.1) is 0 Å². The molecule has 0 fully saturated rings. The number of benzene rings is 1. The van der Waals surface area contributed by atoms with E-state index in [1.165, 1.54) is 6.26 Å². The fourth-order valence-electron chi connectivity index (χ4n) is 1.41. The largest absolute Gasteiger partial charge is 0.465 e. The lowest BCUT2D eigenvalue weighted by molar-refractivity contribution is 0.0886. The first-order chi connectivity index (χ1) is 6.26. The van der Waals surface area contributed by atoms with Crippen molar-refractivity contribution in [2.75, 3.05) is 6.54 Å². The van der Waals surface area contributed by atoms with E-state index >= 15 is 0 Å². The number of hydrogen-bond donors (Lipinski definition) is 2. The molecule has 1 unspecified atom stereocenters. The number of aliphatic hydroxyl groups is 1. The van der Waals surface area contributed by atoms with Gasteiger partial charge in [0.05, 0.1) is 6.26 Å². The lowest BCUT2D eigenvalue weighted by Gasteiger charge is -2.28. The Hall–Kier alpha value is -1.32. The molecule has 0 spiro atoms. The van der Waals surface area contributed by atoms with E-state index in [0.29, 0.717) is 5.75 Å². The SMILES string of the molecule is NCC1(O)C=COc2ccccc21. The average molecular weight is 177 g/mol. The zero-order chi connectivity index (χ0) is 9.31. The van der Waals surface area contributed by atoms with Gasteiger partial charge in [0.2, 0.25) is 0 Å². The molecule has 1 aromatic carbocycles. The second-order valence-electron chi connectivity index (χ2n) is 3.05. The van der Waals surface area contributed by atoms with Crippen molar-refractivity contribution in [1.82, 2.24) is 0 Å². The highest BCUT2D eigenvalue weighted by Crippen LogP contribution is 2.33. The Morgan fingerprint density at radius 1 is 1.38 bits per heavy atom. The van der Waals surface area contributed by atoms with Gasteiger partial charge in [-0.15, -0.1) is 0 Å². The van der Waals surface area contributed by atoms with Crippen molar-refractivity contribution in [1.29, 1.82) is 0 Å². The maximum absolute atomic E-state index is 10.0. The van der Waals surface area contributed by atoms with Crippen LogP contribution in [0.4, 0.5) is 0 Å². The lowest BCUT2D eigenvalue weighted by atomic mass is 9.92. The van der Waals surface area contributed by atoms with Crippen molar-refractivity contribution in [2.45, 2.75) is 5.60 Å². The molecule has 13 heavy (non-hydrogen) atoms. The maximum atomic E-state index is 10.0. The molecule has 0 aliphatic carbocycles. The van der Waals surface area contributed by atoms with Crippen LogP contribution in [0.15, 0.2) is 36.6 Å². The Balaban J connectivity index is 2.54. The topological polar surface area (TPSA) is 55.5 Å². The molecule has 0 aromatic heterocycles. The van der Waals surface area contributed by atoms with Gasteiger partial charge in [-0.25, -0.2) is 0 Å². The molecular weight excluding hydrogens is 166 g/mol. The molecule has 68 valence electrons. The van der Waals surface area contributed by atoms with E-state index in [1.807, 2.05) is 18.2 Å². The third-order valence-corrected chi connectivity index (χ3v) is 2.20. The summed E-state index contributed by atoms with van der Waals surface area (Å²) < 4.78 is 5.22. The normalized spacial score (nSPS) is 25.1. The first-order valence-corrected chi connectivity index (χ1v) is 4.12. The van der Waals surface area contributed by atoms with Gasteiger partial charge in [-0.3, -0.25) is 0 Å². The van der Waals surface area contributed by atoms with Crippen molar-refractivity contribution in [2.24, 2.45) is 5.73 Å². The number of ether oxygens (including phenoxy) is 1. The molecular formula is C10H11NO2. The molecule has 1 aliphatic rings. The van der Waals surface area contributed by atoms with Crippen LogP contribution in [0.1, 0.15) is 5.56 Å². The molecule has 3 nitrogen and oxygen atoms in total. The molecule has 3 heteroatoms. The van der Waals surface area contributed by atoms with Crippen molar-refractivity contribution in [3.63, 3.8) is 0 Å². The van der Waals surface area contributed by atoms with Gasteiger partial charge in [-0.1, -0.05) is 18.2 Å². The average Bonchev–Trinajstić information content (AvgIpc) is 2.19. The predicted molar refractivity (Wildman–Crippen MR) is 49.2 cm³/mol. The Bertz CT molecular complexity index is 349. The number of rotatable bonds is 1. The summed E-state index contributed by atoms with van der Waals surface area (Å²) in [5.74, 6) is 0.665. The van der Waals surface area contributed by atoms with Crippen LogP contribution in [0.5, 0.6) is 5.75 Å². The Morgan fingerprint density at radius 3 is 2.92 bits per heavy atom. The minimum atomic E-state index is -1.07. The summed E-state index contributed by atoms with van der Waals surface area (Å²) >= 11 is 0. The van der Waals surface area contributed by atoms with E-state index in [1.54, 1.807) is 12.1 Å². The minimum absolute atomic E-state index is 0.157. The summed E-state index contributed by atoms with van der Waals surface area (Å²) in [7, 11) is 0. The van der Waals surface area contributed by atoms with Gasteiger partial charge in [-0.05, 0) is 12.1 Å². The van der Waals surface area contributed by atoms with Crippen molar-refractivity contribution in [3.05, 3.63) is 42.2 Å². The second kappa shape index (κ2) is 2.87. The molecule has 0 bridgehead atoms. The highest BCUT2D eigenvalue weighted by atomic mass is 16.5. The van der Waals surface area contributed by atoms with Crippen LogP contribution in [0.2, 0.25) is 0 Å². The highest BCUT2D eigenvalue weighted by molar-refractivity contribution is 5.43. The molecule has 0 saturated heterocycles. The van der Waals surface area contributed by atoms with Crippen molar-refractivity contribution >= 4 is 0 Å². The summed E-state index contributed by atoms with van der Waals surface area (Å²) in [4.78, 5) is 0. The first kappa shape index (κ1) is 8.29. The van der Waals surface area contributed by atoms with Gasteiger partial charge in [0, 0.05) is 12.1 Å². The van der Waals surface area contributed by atoms with Gasteiger partial charge in [0.15, 0.2) is 0 Å². The molecule has 1 aliphatic heterocycles. The fourth-order valence-corrected chi connectivity index (χ4v) is 1.41. The molecule has 2 rings (SSSR count). The third kappa shape index (κ3) is 1.22. The summed E-state index contributed by atoms with van der Waals surface area (Å²) in [5.41, 5.74) is 5.14. The van der Waals surface area contributed by atoms with Crippen molar-refractivity contribution < 1.29 is 9.84 Å². The monoisotopic (exact) mass is 177 g/mol. The third-order valence-electron chi connectivity index (χ3n) is 2.20. The zero-order valence-electron chi connectivity index (χ0n) is 7.10. The number of nitrogens with two attached hydrogens (primary N) is 1. The summed E-state index contributed by atoms with van der Waals surface area (Å²) in [6.45, 7) is 0.157. The number of hydrogen-bond acceptors (Lipinski definition) is 3. The predicted octanol–water partition coefficient (Wildman–Crippen LogP) is 0.739. The van der Waals surface area contributed by atoms with Gasteiger partial charge in [0.1, 0.15) is 11.4 Å². The maximum Gasteiger partial charge on any atom is 0.132 e. The molecule has 0 amide bonds. The van der Waals surface area contributed by atoms with Crippen LogP contribution >= 0.6 is 0 Å². The van der Waals surface area contributed by atoms with E-state index in [0.717, 1.165) is 5.56 Å². The van der Waals surface area contributed by atoms with Crippen LogP contribution in [0.3, 0.4) is 0 Å². The molecule has 1 atom stereocenters. The van der Waals surface area contributed by atoms with E-state index < -0.39 is 5.60 Å². The van der Waals surface area contributed by atoms with Gasteiger partial charge in [0.25, 0.3) is 0 Å². The second-order valence-corrected chi connectivity index (χ2v) is 3.05. The molecule has 0 saturated carbocycles. The quantitative estimate of drug-likeness (QED) is 0.665. The number of fused-ring (bicyclic) bond motifs is 1.